The topological polar surface area (TPSA) is 103 Å². The third-order valence-corrected chi connectivity index (χ3v) is 6.17. The number of nitrogens with one attached hydrogen (secondary N) is 1. The number of aromatic nitrogens is 2. The molecule has 182 valence electrons. The van der Waals surface area contributed by atoms with Gasteiger partial charge < -0.3 is 24.3 Å². The average molecular weight is 461 g/mol. The highest BCUT2D eigenvalue weighted by molar-refractivity contribution is 5.91. The van der Waals surface area contributed by atoms with Gasteiger partial charge in [0.05, 0.1) is 25.0 Å². The van der Waals surface area contributed by atoms with Crippen molar-refractivity contribution in [3.63, 3.8) is 0 Å². The lowest BCUT2D eigenvalue weighted by molar-refractivity contribution is -0.146. The van der Waals surface area contributed by atoms with Crippen LogP contribution in [-0.4, -0.2) is 64.3 Å². The van der Waals surface area contributed by atoms with Crippen LogP contribution in [0.4, 0.5) is 4.79 Å². The van der Waals surface area contributed by atoms with Crippen molar-refractivity contribution in [2.24, 2.45) is 5.92 Å². The van der Waals surface area contributed by atoms with E-state index in [1.807, 2.05) is 27.0 Å². The maximum atomic E-state index is 12.3. The summed E-state index contributed by atoms with van der Waals surface area (Å²) < 4.78 is 12.3. The maximum Gasteiger partial charge on any atom is 0.410 e. The van der Waals surface area contributed by atoms with Crippen molar-refractivity contribution in [3.8, 4) is 0 Å². The highest BCUT2D eigenvalue weighted by atomic mass is 16.6. The van der Waals surface area contributed by atoms with Gasteiger partial charge in [0.15, 0.2) is 0 Å². The number of imidazole rings is 1. The molecule has 1 saturated heterocycles. The predicted octanol–water partition coefficient (Wildman–Crippen LogP) is 3.32. The van der Waals surface area contributed by atoms with Crippen LogP contribution in [0.2, 0.25) is 0 Å². The highest BCUT2D eigenvalue weighted by Crippen LogP contribution is 2.26. The minimum Gasteiger partial charge on any atom is -0.469 e. The zero-order valence-electron chi connectivity index (χ0n) is 20.1. The summed E-state index contributed by atoms with van der Waals surface area (Å²) >= 11 is 0. The van der Waals surface area contributed by atoms with Crippen molar-refractivity contribution < 1.29 is 23.9 Å². The third-order valence-electron chi connectivity index (χ3n) is 6.17. The summed E-state index contributed by atoms with van der Waals surface area (Å²) in [6.07, 6.45) is 11.3. The van der Waals surface area contributed by atoms with E-state index < -0.39 is 5.60 Å². The SMILES string of the molecule is COC(=O)C1CCC(NC(=O)/C=C/c2cn(C3CCN(C(=O)OC(C)(C)C)CC3)cn2)CC1. The molecule has 0 atom stereocenters. The Balaban J connectivity index is 1.43. The molecule has 1 aromatic heterocycles. The lowest BCUT2D eigenvalue weighted by Gasteiger charge is -2.33. The second-order valence-corrected chi connectivity index (χ2v) is 9.86. The molecule has 1 aliphatic carbocycles. The summed E-state index contributed by atoms with van der Waals surface area (Å²) in [7, 11) is 1.41. The van der Waals surface area contributed by atoms with Gasteiger partial charge in [-0.05, 0) is 65.4 Å². The number of carbonyl (C=O) groups is 3. The Hall–Kier alpha value is -2.84. The van der Waals surface area contributed by atoms with Gasteiger partial charge in [0.2, 0.25) is 5.91 Å². The first-order valence-corrected chi connectivity index (χ1v) is 11.7. The molecule has 2 aliphatic rings. The van der Waals surface area contributed by atoms with E-state index in [1.54, 1.807) is 17.3 Å². The molecule has 0 unspecified atom stereocenters. The number of esters is 1. The van der Waals surface area contributed by atoms with E-state index >= 15 is 0 Å². The first-order valence-electron chi connectivity index (χ1n) is 11.7. The van der Waals surface area contributed by atoms with E-state index in [0.29, 0.717) is 18.8 Å². The number of methoxy groups -OCH3 is 1. The second kappa shape index (κ2) is 10.9. The van der Waals surface area contributed by atoms with Gasteiger partial charge in [-0.1, -0.05) is 0 Å². The van der Waals surface area contributed by atoms with Gasteiger partial charge in [0.25, 0.3) is 0 Å². The van der Waals surface area contributed by atoms with Gasteiger partial charge in [-0.2, -0.15) is 0 Å². The molecule has 9 nitrogen and oxygen atoms in total. The van der Waals surface area contributed by atoms with Crippen LogP contribution in [0.25, 0.3) is 6.08 Å². The monoisotopic (exact) mass is 460 g/mol. The third kappa shape index (κ3) is 7.33. The number of ether oxygens (including phenoxy) is 2. The molecular formula is C24H36N4O5. The molecule has 1 N–H and O–H groups in total. The summed E-state index contributed by atoms with van der Waals surface area (Å²) in [4.78, 5) is 42.3. The molecule has 1 aromatic rings. The Kier molecular flexibility index (Phi) is 8.15. The predicted molar refractivity (Wildman–Crippen MR) is 123 cm³/mol. The molecular weight excluding hydrogens is 424 g/mol. The molecule has 3 rings (SSSR count). The van der Waals surface area contributed by atoms with Crippen molar-refractivity contribution >= 4 is 24.0 Å². The average Bonchev–Trinajstić information content (AvgIpc) is 3.26. The van der Waals surface area contributed by atoms with Gasteiger partial charge in [0.1, 0.15) is 5.60 Å². The van der Waals surface area contributed by atoms with Gasteiger partial charge in [0, 0.05) is 37.4 Å². The molecule has 0 radical (unpaired) electrons. The number of rotatable bonds is 5. The normalized spacial score (nSPS) is 22.2. The van der Waals surface area contributed by atoms with Crippen molar-refractivity contribution in [3.05, 3.63) is 24.3 Å². The van der Waals surface area contributed by atoms with Crippen LogP contribution in [0, 0.1) is 5.92 Å². The molecule has 0 aromatic carbocycles. The summed E-state index contributed by atoms with van der Waals surface area (Å²) in [6.45, 7) is 6.89. The molecule has 1 saturated carbocycles. The van der Waals surface area contributed by atoms with Crippen molar-refractivity contribution in [1.29, 1.82) is 0 Å². The van der Waals surface area contributed by atoms with Crippen LogP contribution in [0.1, 0.15) is 71.0 Å². The maximum absolute atomic E-state index is 12.3. The summed E-state index contributed by atoms with van der Waals surface area (Å²) in [6, 6.07) is 0.341. The fourth-order valence-corrected chi connectivity index (χ4v) is 4.36. The van der Waals surface area contributed by atoms with Gasteiger partial charge in [-0.15, -0.1) is 0 Å². The number of hydrogen-bond donors (Lipinski definition) is 1. The quantitative estimate of drug-likeness (QED) is 0.534. The van der Waals surface area contributed by atoms with E-state index in [4.69, 9.17) is 9.47 Å². The first kappa shape index (κ1) is 24.8. The number of amides is 2. The van der Waals surface area contributed by atoms with Crippen LogP contribution in [-0.2, 0) is 19.1 Å². The number of nitrogens with zero attached hydrogens (tertiary/aromatic N) is 3. The first-order chi connectivity index (χ1) is 15.6. The zero-order valence-corrected chi connectivity index (χ0v) is 20.1. The Morgan fingerprint density at radius 3 is 2.36 bits per heavy atom. The molecule has 9 heteroatoms. The van der Waals surface area contributed by atoms with E-state index in [9.17, 15) is 14.4 Å². The molecule has 2 amide bonds. The summed E-state index contributed by atoms with van der Waals surface area (Å²) in [5.74, 6) is -0.374. The largest absolute Gasteiger partial charge is 0.469 e. The fourth-order valence-electron chi connectivity index (χ4n) is 4.36. The minimum absolute atomic E-state index is 0.0568. The summed E-state index contributed by atoms with van der Waals surface area (Å²) in [5.41, 5.74) is 0.225. The smallest absolute Gasteiger partial charge is 0.410 e. The number of carbonyl (C=O) groups excluding carboxylic acids is 3. The number of likely N-dealkylation sites (tertiary alicyclic amines) is 1. The van der Waals surface area contributed by atoms with Crippen LogP contribution < -0.4 is 5.32 Å². The van der Waals surface area contributed by atoms with Crippen LogP contribution in [0.15, 0.2) is 18.6 Å². The van der Waals surface area contributed by atoms with Crippen molar-refractivity contribution in [2.75, 3.05) is 20.2 Å². The lowest BCUT2D eigenvalue weighted by Crippen LogP contribution is -2.42. The standard InChI is InChI=1S/C24H36N4O5/c1-24(2,3)33-23(31)27-13-11-20(12-14-27)28-15-19(25-16-28)9-10-21(29)26-18-7-5-17(6-8-18)22(30)32-4/h9-10,15-18,20H,5-8,11-14H2,1-4H3,(H,26,29)/b10-9+. The van der Waals surface area contributed by atoms with Crippen LogP contribution >= 0.6 is 0 Å². The van der Waals surface area contributed by atoms with E-state index in [0.717, 1.165) is 38.5 Å². The molecule has 2 heterocycles. The fraction of sp³-hybridized carbons (Fsp3) is 0.667. The molecule has 0 bridgehead atoms. The Labute approximate surface area is 195 Å². The van der Waals surface area contributed by atoms with Crippen molar-refractivity contribution in [2.45, 2.75) is 77.0 Å². The van der Waals surface area contributed by atoms with Crippen molar-refractivity contribution in [1.82, 2.24) is 19.8 Å². The van der Waals surface area contributed by atoms with Crippen LogP contribution in [0.3, 0.4) is 0 Å². The minimum atomic E-state index is -0.492. The van der Waals surface area contributed by atoms with E-state index in [-0.39, 0.29) is 36.0 Å². The van der Waals surface area contributed by atoms with E-state index in [1.165, 1.54) is 13.2 Å². The van der Waals surface area contributed by atoms with Gasteiger partial charge in [-0.3, -0.25) is 9.59 Å². The highest BCUT2D eigenvalue weighted by Gasteiger charge is 2.28. The van der Waals surface area contributed by atoms with E-state index in [2.05, 4.69) is 14.9 Å². The number of piperidine rings is 1. The van der Waals surface area contributed by atoms with Gasteiger partial charge in [-0.25, -0.2) is 9.78 Å². The second-order valence-electron chi connectivity index (χ2n) is 9.86. The zero-order chi connectivity index (χ0) is 24.0. The lowest BCUT2D eigenvalue weighted by atomic mass is 9.86. The Morgan fingerprint density at radius 1 is 1.09 bits per heavy atom. The molecule has 33 heavy (non-hydrogen) atoms. The Bertz CT molecular complexity index is 856. The molecule has 2 fully saturated rings. The number of hydrogen-bond acceptors (Lipinski definition) is 6. The molecule has 1 aliphatic heterocycles. The summed E-state index contributed by atoms with van der Waals surface area (Å²) in [5, 5.41) is 3.01. The van der Waals surface area contributed by atoms with Crippen LogP contribution in [0.5, 0.6) is 0 Å². The molecule has 0 spiro atoms. The Morgan fingerprint density at radius 2 is 1.76 bits per heavy atom. The van der Waals surface area contributed by atoms with Gasteiger partial charge >= 0.3 is 12.1 Å².